The zero-order chi connectivity index (χ0) is 15.5. The van der Waals surface area contributed by atoms with Crippen molar-refractivity contribution in [2.24, 2.45) is 0 Å². The van der Waals surface area contributed by atoms with E-state index in [2.05, 4.69) is 45.8 Å². The molecule has 0 amide bonds. The van der Waals surface area contributed by atoms with Crippen LogP contribution in [0.2, 0.25) is 0 Å². The molecule has 0 saturated heterocycles. The molecule has 0 spiro atoms. The molecule has 0 unspecified atom stereocenters. The Kier molecular flexibility index (Phi) is 4.54. The van der Waals surface area contributed by atoms with Crippen LogP contribution in [-0.2, 0) is 4.74 Å². The van der Waals surface area contributed by atoms with Crippen molar-refractivity contribution in [1.82, 2.24) is 4.98 Å². The van der Waals surface area contributed by atoms with Crippen molar-refractivity contribution >= 4 is 39.9 Å². The Hall–Kier alpha value is -1.73. The Labute approximate surface area is 146 Å². The summed E-state index contributed by atoms with van der Waals surface area (Å²) in [4.78, 5) is 17.0. The van der Waals surface area contributed by atoms with Crippen LogP contribution in [0.15, 0.2) is 54.7 Å². The average molecular weight is 421 g/mol. The van der Waals surface area contributed by atoms with E-state index in [9.17, 15) is 4.79 Å². The van der Waals surface area contributed by atoms with Crippen LogP contribution in [0.3, 0.4) is 0 Å². The minimum atomic E-state index is -0.324. The first-order valence-electron chi connectivity index (χ1n) is 6.58. The second kappa shape index (κ2) is 6.58. The van der Waals surface area contributed by atoms with E-state index in [1.165, 1.54) is 10.7 Å². The molecule has 3 rings (SSSR count). The molecule has 0 radical (unpaired) electrons. The maximum atomic E-state index is 11.4. The fourth-order valence-corrected chi connectivity index (χ4v) is 3.51. The van der Waals surface area contributed by atoms with Crippen molar-refractivity contribution in [3.63, 3.8) is 0 Å². The molecule has 0 aliphatic carbocycles. The van der Waals surface area contributed by atoms with Gasteiger partial charge in [0.15, 0.2) is 0 Å². The predicted octanol–water partition coefficient (Wildman–Crippen LogP) is 4.87. The first-order chi connectivity index (χ1) is 10.7. The molecule has 22 heavy (non-hydrogen) atoms. The fraction of sp³-hybridized carbons (Fsp3) is 0.0588. The number of aromatic nitrogens is 1. The third-order valence-corrected chi connectivity index (χ3v) is 4.93. The number of methoxy groups -OCH3 is 1. The lowest BCUT2D eigenvalue weighted by atomic mass is 10.1. The van der Waals surface area contributed by atoms with Crippen molar-refractivity contribution in [2.75, 3.05) is 7.11 Å². The van der Waals surface area contributed by atoms with Crippen LogP contribution < -0.4 is 0 Å². The van der Waals surface area contributed by atoms with Gasteiger partial charge in [-0.15, -0.1) is 11.3 Å². The lowest BCUT2D eigenvalue weighted by Gasteiger charge is -2.00. The van der Waals surface area contributed by atoms with E-state index in [1.807, 2.05) is 24.4 Å². The lowest BCUT2D eigenvalue weighted by molar-refractivity contribution is 0.0601. The molecule has 2 aromatic carbocycles. The predicted molar refractivity (Wildman–Crippen MR) is 97.0 cm³/mol. The summed E-state index contributed by atoms with van der Waals surface area (Å²) in [5, 5.41) is 0.991. The van der Waals surface area contributed by atoms with Gasteiger partial charge in [0, 0.05) is 15.3 Å². The summed E-state index contributed by atoms with van der Waals surface area (Å²) in [6, 6.07) is 15.6. The number of halogens is 1. The summed E-state index contributed by atoms with van der Waals surface area (Å²) in [6.45, 7) is 0. The number of ether oxygens (including phenoxy) is 1. The third-order valence-electron chi connectivity index (χ3n) is 3.17. The smallest absolute Gasteiger partial charge is 0.337 e. The minimum Gasteiger partial charge on any atom is -0.465 e. The highest BCUT2D eigenvalue weighted by Gasteiger charge is 2.09. The molecule has 0 aliphatic heterocycles. The maximum Gasteiger partial charge on any atom is 0.337 e. The first-order valence-corrected chi connectivity index (χ1v) is 8.47. The first kappa shape index (κ1) is 15.2. The Bertz CT molecular complexity index is 812. The monoisotopic (exact) mass is 421 g/mol. The molecular weight excluding hydrogens is 409 g/mol. The van der Waals surface area contributed by atoms with Gasteiger partial charge in [0.25, 0.3) is 0 Å². The highest BCUT2D eigenvalue weighted by Crippen LogP contribution is 2.32. The van der Waals surface area contributed by atoms with Crippen LogP contribution in [0, 0.1) is 3.57 Å². The van der Waals surface area contributed by atoms with Crippen LogP contribution in [0.25, 0.3) is 21.0 Å². The molecule has 0 saturated carbocycles. The van der Waals surface area contributed by atoms with E-state index >= 15 is 0 Å². The number of carbonyl (C=O) groups excluding carboxylic acids is 1. The maximum absolute atomic E-state index is 11.4. The van der Waals surface area contributed by atoms with Crippen molar-refractivity contribution in [3.05, 3.63) is 63.9 Å². The molecule has 1 heterocycles. The largest absolute Gasteiger partial charge is 0.465 e. The van der Waals surface area contributed by atoms with Crippen molar-refractivity contribution in [2.45, 2.75) is 0 Å². The highest BCUT2D eigenvalue weighted by atomic mass is 127. The molecule has 0 aliphatic rings. The second-order valence-electron chi connectivity index (χ2n) is 4.61. The van der Waals surface area contributed by atoms with Crippen molar-refractivity contribution in [1.29, 1.82) is 0 Å². The number of hydrogen-bond donors (Lipinski definition) is 0. The quantitative estimate of drug-likeness (QED) is 0.448. The number of esters is 1. The van der Waals surface area contributed by atoms with Crippen LogP contribution >= 0.6 is 33.9 Å². The molecule has 0 fully saturated rings. The van der Waals surface area contributed by atoms with Gasteiger partial charge in [0.1, 0.15) is 5.01 Å². The van der Waals surface area contributed by atoms with Crippen LogP contribution in [0.1, 0.15) is 10.4 Å². The van der Waals surface area contributed by atoms with Gasteiger partial charge in [-0.3, -0.25) is 0 Å². The summed E-state index contributed by atoms with van der Waals surface area (Å²) in [5.74, 6) is -0.324. The Morgan fingerprint density at radius 2 is 1.91 bits per heavy atom. The van der Waals surface area contributed by atoms with E-state index in [0.717, 1.165) is 21.0 Å². The normalized spacial score (nSPS) is 10.5. The van der Waals surface area contributed by atoms with Gasteiger partial charge < -0.3 is 4.74 Å². The summed E-state index contributed by atoms with van der Waals surface area (Å²) in [7, 11) is 1.38. The molecule has 3 aromatic rings. The van der Waals surface area contributed by atoms with E-state index in [-0.39, 0.29) is 5.97 Å². The van der Waals surface area contributed by atoms with Gasteiger partial charge in [0.05, 0.1) is 17.6 Å². The van der Waals surface area contributed by atoms with Crippen molar-refractivity contribution < 1.29 is 9.53 Å². The molecule has 1 aromatic heterocycles. The number of benzene rings is 2. The number of rotatable bonds is 3. The Morgan fingerprint density at radius 1 is 1.14 bits per heavy atom. The van der Waals surface area contributed by atoms with Gasteiger partial charge in [-0.05, 0) is 52.4 Å². The average Bonchev–Trinajstić information content (AvgIpc) is 3.04. The number of hydrogen-bond acceptors (Lipinski definition) is 4. The standard InChI is InChI=1S/C17H12INO2S/c1-21-17(20)12-7-5-11(6-8-12)15-10-19-16(22-15)13-3-2-4-14(18)9-13/h2-10H,1H3. The van der Waals surface area contributed by atoms with Crippen LogP contribution in [0.5, 0.6) is 0 Å². The summed E-state index contributed by atoms with van der Waals surface area (Å²) < 4.78 is 5.89. The highest BCUT2D eigenvalue weighted by molar-refractivity contribution is 14.1. The molecule has 0 N–H and O–H groups in total. The Balaban J connectivity index is 1.89. The number of carbonyl (C=O) groups is 1. The second-order valence-corrected chi connectivity index (χ2v) is 6.89. The zero-order valence-corrected chi connectivity index (χ0v) is 14.7. The van der Waals surface area contributed by atoms with Gasteiger partial charge in [-0.25, -0.2) is 9.78 Å². The van der Waals surface area contributed by atoms with Gasteiger partial charge in [-0.1, -0.05) is 24.3 Å². The lowest BCUT2D eigenvalue weighted by Crippen LogP contribution is -2.00. The van der Waals surface area contributed by atoms with Crippen LogP contribution in [-0.4, -0.2) is 18.1 Å². The molecule has 0 bridgehead atoms. The summed E-state index contributed by atoms with van der Waals surface area (Å²) in [6.07, 6.45) is 1.87. The fourth-order valence-electron chi connectivity index (χ4n) is 2.05. The van der Waals surface area contributed by atoms with Gasteiger partial charge >= 0.3 is 5.97 Å². The van der Waals surface area contributed by atoms with E-state index in [4.69, 9.17) is 4.74 Å². The summed E-state index contributed by atoms with van der Waals surface area (Å²) in [5.41, 5.74) is 2.71. The molecule has 3 nitrogen and oxygen atoms in total. The third kappa shape index (κ3) is 3.20. The number of thiazole rings is 1. The van der Waals surface area contributed by atoms with E-state index in [0.29, 0.717) is 5.56 Å². The minimum absolute atomic E-state index is 0.324. The molecular formula is C17H12INO2S. The van der Waals surface area contributed by atoms with E-state index < -0.39 is 0 Å². The van der Waals surface area contributed by atoms with Crippen molar-refractivity contribution in [3.8, 4) is 21.0 Å². The molecule has 0 atom stereocenters. The molecule has 110 valence electrons. The zero-order valence-electron chi connectivity index (χ0n) is 11.7. The Morgan fingerprint density at radius 3 is 2.59 bits per heavy atom. The number of nitrogens with zero attached hydrogens (tertiary/aromatic N) is 1. The molecule has 5 heteroatoms. The van der Waals surface area contributed by atoms with Crippen LogP contribution in [0.4, 0.5) is 0 Å². The SMILES string of the molecule is COC(=O)c1ccc(-c2cnc(-c3cccc(I)c3)s2)cc1. The van der Waals surface area contributed by atoms with E-state index in [1.54, 1.807) is 23.5 Å². The van der Waals surface area contributed by atoms with Gasteiger partial charge in [-0.2, -0.15) is 0 Å². The summed E-state index contributed by atoms with van der Waals surface area (Å²) >= 11 is 3.93. The van der Waals surface area contributed by atoms with Gasteiger partial charge in [0.2, 0.25) is 0 Å². The topological polar surface area (TPSA) is 39.2 Å².